The molecular weight excluding hydrogens is 246 g/mol. The van der Waals surface area contributed by atoms with Crippen molar-refractivity contribution in [3.63, 3.8) is 0 Å². The third-order valence-electron chi connectivity index (χ3n) is 4.23. The van der Waals surface area contributed by atoms with Gasteiger partial charge in [-0.2, -0.15) is 0 Å². The molecule has 2 fully saturated rings. The van der Waals surface area contributed by atoms with Crippen LogP contribution in [0.1, 0.15) is 37.3 Å². The number of alkyl halides is 1. The highest BCUT2D eigenvalue weighted by molar-refractivity contribution is 6.21. The van der Waals surface area contributed by atoms with Gasteiger partial charge in [0.2, 0.25) is 0 Å². The van der Waals surface area contributed by atoms with E-state index in [1.165, 1.54) is 5.56 Å². The zero-order valence-electron chi connectivity index (χ0n) is 10.3. The molecule has 2 nitrogen and oxygen atoms in total. The second-order valence-corrected chi connectivity index (χ2v) is 5.94. The minimum absolute atomic E-state index is 0.0965. The monoisotopic (exact) mass is 263 g/mol. The van der Waals surface area contributed by atoms with Crippen molar-refractivity contribution < 1.29 is 4.79 Å². The lowest BCUT2D eigenvalue weighted by molar-refractivity contribution is -0.127. The Morgan fingerprint density at radius 1 is 1.17 bits per heavy atom. The van der Waals surface area contributed by atoms with Crippen LogP contribution < -0.4 is 5.32 Å². The molecule has 4 atom stereocenters. The Bertz CT molecular complexity index is 433. The summed E-state index contributed by atoms with van der Waals surface area (Å²) in [6.07, 6.45) is 3.71. The number of benzene rings is 1. The van der Waals surface area contributed by atoms with Crippen LogP contribution in [0.15, 0.2) is 30.3 Å². The number of halogens is 1. The van der Waals surface area contributed by atoms with Crippen molar-refractivity contribution in [2.75, 3.05) is 0 Å². The Morgan fingerprint density at radius 2 is 1.94 bits per heavy atom. The number of nitrogens with one attached hydrogen (secondary N) is 1. The van der Waals surface area contributed by atoms with Crippen LogP contribution in [0.5, 0.6) is 0 Å². The minimum Gasteiger partial charge on any atom is -0.305 e. The van der Waals surface area contributed by atoms with Crippen molar-refractivity contribution >= 4 is 17.4 Å². The first-order valence-electron chi connectivity index (χ1n) is 6.73. The van der Waals surface area contributed by atoms with E-state index in [4.69, 9.17) is 11.6 Å². The van der Waals surface area contributed by atoms with Crippen LogP contribution in [-0.4, -0.2) is 17.2 Å². The summed E-state index contributed by atoms with van der Waals surface area (Å²) in [4.78, 5) is 12.3. The largest absolute Gasteiger partial charge is 0.305 e. The van der Waals surface area contributed by atoms with Gasteiger partial charge in [-0.25, -0.2) is 0 Å². The second kappa shape index (κ2) is 5.02. The van der Waals surface area contributed by atoms with E-state index in [-0.39, 0.29) is 23.4 Å². The molecule has 0 spiro atoms. The number of carbonyl (C=O) groups is 1. The quantitative estimate of drug-likeness (QED) is 0.789. The van der Waals surface area contributed by atoms with Crippen molar-refractivity contribution in [1.29, 1.82) is 0 Å². The fourth-order valence-electron chi connectivity index (χ4n) is 3.27. The van der Waals surface area contributed by atoms with Gasteiger partial charge < -0.3 is 5.32 Å². The average Bonchev–Trinajstić information content (AvgIpc) is 2.41. The fourth-order valence-corrected chi connectivity index (χ4v) is 3.67. The maximum absolute atomic E-state index is 12.3. The topological polar surface area (TPSA) is 29.1 Å². The van der Waals surface area contributed by atoms with Gasteiger partial charge in [0.05, 0.1) is 0 Å². The van der Waals surface area contributed by atoms with Gasteiger partial charge in [-0.15, -0.1) is 11.6 Å². The molecule has 4 unspecified atom stereocenters. The Kier molecular flexibility index (Phi) is 3.40. The molecule has 1 N–H and O–H groups in total. The third kappa shape index (κ3) is 2.19. The highest BCUT2D eigenvalue weighted by Gasteiger charge is 2.41. The van der Waals surface area contributed by atoms with Gasteiger partial charge in [0, 0.05) is 29.8 Å². The van der Waals surface area contributed by atoms with E-state index < -0.39 is 0 Å². The van der Waals surface area contributed by atoms with Crippen LogP contribution in [0.25, 0.3) is 0 Å². The van der Waals surface area contributed by atoms with Crippen LogP contribution in [0, 0.1) is 5.92 Å². The SMILES string of the molecule is O=C1CC(c2ccccc2)NC2C(Cl)CCCC12. The van der Waals surface area contributed by atoms with E-state index in [0.717, 1.165) is 19.3 Å². The Hall–Kier alpha value is -0.860. The van der Waals surface area contributed by atoms with Crippen LogP contribution in [0.3, 0.4) is 0 Å². The van der Waals surface area contributed by atoms with Gasteiger partial charge in [0.1, 0.15) is 5.78 Å². The molecule has 18 heavy (non-hydrogen) atoms. The van der Waals surface area contributed by atoms with Crippen molar-refractivity contribution in [2.24, 2.45) is 5.92 Å². The first-order chi connectivity index (χ1) is 8.75. The molecule has 0 bridgehead atoms. The Balaban J connectivity index is 1.82. The summed E-state index contributed by atoms with van der Waals surface area (Å²) in [5.41, 5.74) is 1.19. The maximum atomic E-state index is 12.3. The number of Topliss-reactive ketones (excluding diaryl/α,β-unsaturated/α-hetero) is 1. The van der Waals surface area contributed by atoms with E-state index in [9.17, 15) is 4.79 Å². The zero-order valence-corrected chi connectivity index (χ0v) is 11.1. The Labute approximate surface area is 113 Å². The van der Waals surface area contributed by atoms with E-state index in [0.29, 0.717) is 12.2 Å². The molecule has 1 saturated heterocycles. The van der Waals surface area contributed by atoms with Gasteiger partial charge in [-0.05, 0) is 18.4 Å². The second-order valence-electron chi connectivity index (χ2n) is 5.38. The van der Waals surface area contributed by atoms with E-state index in [1.54, 1.807) is 0 Å². The molecule has 3 rings (SSSR count). The lowest BCUT2D eigenvalue weighted by atomic mass is 9.75. The van der Waals surface area contributed by atoms with Gasteiger partial charge in [0.25, 0.3) is 0 Å². The molecule has 1 aromatic rings. The molecule has 0 aromatic heterocycles. The highest BCUT2D eigenvalue weighted by Crippen LogP contribution is 2.36. The first kappa shape index (κ1) is 12.2. The summed E-state index contributed by atoms with van der Waals surface area (Å²) >= 11 is 6.39. The summed E-state index contributed by atoms with van der Waals surface area (Å²) in [6, 6.07) is 10.5. The fraction of sp³-hybridized carbons (Fsp3) is 0.533. The predicted octanol–water partition coefficient (Wildman–Crippen LogP) is 3.07. The molecule has 0 radical (unpaired) electrons. The minimum atomic E-state index is 0.0965. The van der Waals surface area contributed by atoms with Crippen molar-refractivity contribution in [2.45, 2.75) is 43.1 Å². The van der Waals surface area contributed by atoms with Gasteiger partial charge in [-0.1, -0.05) is 36.8 Å². The number of ketones is 1. The highest BCUT2D eigenvalue weighted by atomic mass is 35.5. The van der Waals surface area contributed by atoms with Crippen molar-refractivity contribution in [3.8, 4) is 0 Å². The molecule has 96 valence electrons. The van der Waals surface area contributed by atoms with Crippen LogP contribution in [0.4, 0.5) is 0 Å². The predicted molar refractivity (Wildman–Crippen MR) is 72.7 cm³/mol. The van der Waals surface area contributed by atoms with Crippen LogP contribution in [-0.2, 0) is 4.79 Å². The number of rotatable bonds is 1. The van der Waals surface area contributed by atoms with Crippen molar-refractivity contribution in [1.82, 2.24) is 5.32 Å². The first-order valence-corrected chi connectivity index (χ1v) is 7.17. The number of hydrogen-bond acceptors (Lipinski definition) is 2. The lowest BCUT2D eigenvalue weighted by Crippen LogP contribution is -2.54. The van der Waals surface area contributed by atoms with Crippen LogP contribution >= 0.6 is 11.6 Å². The number of hydrogen-bond donors (Lipinski definition) is 1. The lowest BCUT2D eigenvalue weighted by Gasteiger charge is -2.42. The summed E-state index contributed by atoms with van der Waals surface area (Å²) in [6.45, 7) is 0. The summed E-state index contributed by atoms with van der Waals surface area (Å²) in [5, 5.41) is 3.70. The molecule has 1 aliphatic carbocycles. The van der Waals surface area contributed by atoms with Gasteiger partial charge >= 0.3 is 0 Å². The number of piperidine rings is 1. The molecule has 1 saturated carbocycles. The smallest absolute Gasteiger partial charge is 0.139 e. The Morgan fingerprint density at radius 3 is 2.72 bits per heavy atom. The van der Waals surface area contributed by atoms with E-state index in [2.05, 4.69) is 17.4 Å². The van der Waals surface area contributed by atoms with Crippen molar-refractivity contribution in [3.05, 3.63) is 35.9 Å². The molecule has 0 amide bonds. The average molecular weight is 264 g/mol. The third-order valence-corrected chi connectivity index (χ3v) is 4.72. The summed E-state index contributed by atoms with van der Waals surface area (Å²) in [7, 11) is 0. The van der Waals surface area contributed by atoms with Gasteiger partial charge in [-0.3, -0.25) is 4.79 Å². The standard InChI is InChI=1S/C15H18ClNO/c16-12-8-4-7-11-14(18)9-13(17-15(11)12)10-5-2-1-3-6-10/h1-3,5-6,11-13,15,17H,4,7-9H2. The maximum Gasteiger partial charge on any atom is 0.139 e. The molecule has 1 aliphatic heterocycles. The van der Waals surface area contributed by atoms with E-state index >= 15 is 0 Å². The number of fused-ring (bicyclic) bond motifs is 1. The van der Waals surface area contributed by atoms with E-state index in [1.807, 2.05) is 18.2 Å². The summed E-state index contributed by atoms with van der Waals surface area (Å²) in [5.74, 6) is 0.527. The normalized spacial score (nSPS) is 36.2. The number of carbonyl (C=O) groups excluding carboxylic acids is 1. The molecular formula is C15H18ClNO. The molecule has 3 heteroatoms. The molecule has 1 aromatic carbocycles. The van der Waals surface area contributed by atoms with Crippen LogP contribution in [0.2, 0.25) is 0 Å². The molecule has 1 heterocycles. The molecule has 2 aliphatic rings. The van der Waals surface area contributed by atoms with Gasteiger partial charge in [0.15, 0.2) is 0 Å². The zero-order chi connectivity index (χ0) is 12.5. The summed E-state index contributed by atoms with van der Waals surface area (Å²) < 4.78 is 0.